The highest BCUT2D eigenvalue weighted by Crippen LogP contribution is 2.34. The van der Waals surface area contributed by atoms with Crippen LogP contribution in [0.3, 0.4) is 0 Å². The average molecular weight is 533 g/mol. The van der Waals surface area contributed by atoms with Gasteiger partial charge in [0.2, 0.25) is 0 Å². The second kappa shape index (κ2) is 9.89. The Bertz CT molecular complexity index is 1720. The Labute approximate surface area is 218 Å². The quantitative estimate of drug-likeness (QED) is 0.193. The Kier molecular flexibility index (Phi) is 6.44. The minimum atomic E-state index is -4.59. The molecule has 0 saturated heterocycles. The molecule has 12 heteroatoms. The van der Waals surface area contributed by atoms with Gasteiger partial charge in [-0.05, 0) is 31.2 Å². The Balaban J connectivity index is 1.45. The number of carbonyl (C=O) groups excluding carboxylic acids is 1. The Hall–Kier alpha value is -5.26. The number of nitrogens with one attached hydrogen (secondary N) is 1. The third-order valence-corrected chi connectivity index (χ3v) is 5.75. The topological polar surface area (TPSA) is 112 Å². The number of nitrogens with zero attached hydrogens (tertiary/aromatic N) is 4. The number of alkyl halides is 3. The normalized spacial score (nSPS) is 11.4. The van der Waals surface area contributed by atoms with E-state index < -0.39 is 28.3 Å². The molecule has 0 aliphatic carbocycles. The molecule has 1 N–H and O–H groups in total. The van der Waals surface area contributed by atoms with Crippen LogP contribution >= 0.6 is 0 Å². The fourth-order valence-corrected chi connectivity index (χ4v) is 3.88. The third kappa shape index (κ3) is 5.39. The van der Waals surface area contributed by atoms with E-state index in [4.69, 9.17) is 4.74 Å². The van der Waals surface area contributed by atoms with E-state index in [0.717, 1.165) is 41.5 Å². The summed E-state index contributed by atoms with van der Waals surface area (Å²) in [6, 6.07) is 17.0. The maximum absolute atomic E-state index is 13.1. The lowest BCUT2D eigenvalue weighted by Crippen LogP contribution is -2.12. The predicted molar refractivity (Wildman–Crippen MR) is 136 cm³/mol. The highest BCUT2D eigenvalue weighted by atomic mass is 19.4. The number of aryl methyl sites for hydroxylation is 1. The van der Waals surface area contributed by atoms with Gasteiger partial charge in [0.05, 0.1) is 34.1 Å². The molecule has 196 valence electrons. The van der Waals surface area contributed by atoms with Gasteiger partial charge < -0.3 is 10.1 Å². The van der Waals surface area contributed by atoms with E-state index in [0.29, 0.717) is 5.69 Å². The molecule has 9 nitrogen and oxygen atoms in total. The smallest absolute Gasteiger partial charge is 0.416 e. The number of fused-ring (bicyclic) bond motifs is 1. The molecule has 2 heterocycles. The molecule has 2 aromatic heterocycles. The van der Waals surface area contributed by atoms with Crippen molar-refractivity contribution in [2.45, 2.75) is 13.1 Å². The van der Waals surface area contributed by atoms with Gasteiger partial charge in [-0.3, -0.25) is 14.9 Å². The van der Waals surface area contributed by atoms with E-state index in [1.165, 1.54) is 29.0 Å². The van der Waals surface area contributed by atoms with Crippen LogP contribution in [0.4, 0.5) is 24.5 Å². The molecule has 5 rings (SSSR count). The van der Waals surface area contributed by atoms with Crippen LogP contribution in [-0.2, 0) is 6.18 Å². The largest absolute Gasteiger partial charge is 0.457 e. The van der Waals surface area contributed by atoms with Crippen molar-refractivity contribution in [3.63, 3.8) is 0 Å². The van der Waals surface area contributed by atoms with Crippen molar-refractivity contribution in [3.05, 3.63) is 112 Å². The van der Waals surface area contributed by atoms with Gasteiger partial charge in [0.1, 0.15) is 17.1 Å². The Morgan fingerprint density at radius 3 is 2.51 bits per heavy atom. The van der Waals surface area contributed by atoms with Crippen molar-refractivity contribution in [1.82, 2.24) is 14.6 Å². The first-order valence-electron chi connectivity index (χ1n) is 11.4. The van der Waals surface area contributed by atoms with Gasteiger partial charge in [0.25, 0.3) is 11.6 Å². The maximum Gasteiger partial charge on any atom is 0.416 e. The molecule has 1 amide bonds. The van der Waals surface area contributed by atoms with Crippen molar-refractivity contribution < 1.29 is 27.6 Å². The molecule has 0 radical (unpaired) electrons. The lowest BCUT2D eigenvalue weighted by Gasteiger charge is -2.11. The standard InChI is InChI=1S/C27H18F3N5O4/c1-16-5-7-17(8-6-16)24-9-10-31-25-23(15-32-34(24)25)26(36)33-19-12-20(35(37)38)14-22(13-19)39-21-4-2-3-18(11-21)27(28,29)30/h2-15H,1H3,(H,33,36). The van der Waals surface area contributed by atoms with E-state index in [-0.39, 0.29) is 28.4 Å². The number of carbonyl (C=O) groups is 1. The first-order valence-corrected chi connectivity index (χ1v) is 11.4. The molecule has 0 unspecified atom stereocenters. The van der Waals surface area contributed by atoms with Crippen LogP contribution in [0.25, 0.3) is 16.9 Å². The van der Waals surface area contributed by atoms with Gasteiger partial charge in [0.15, 0.2) is 5.65 Å². The molecule has 0 aliphatic heterocycles. The van der Waals surface area contributed by atoms with Crippen LogP contribution < -0.4 is 10.1 Å². The van der Waals surface area contributed by atoms with E-state index in [1.54, 1.807) is 6.07 Å². The molecule has 5 aromatic rings. The number of hydrogen-bond donors (Lipinski definition) is 1. The van der Waals surface area contributed by atoms with Crippen molar-refractivity contribution in [3.8, 4) is 22.8 Å². The molecule has 0 spiro atoms. The minimum Gasteiger partial charge on any atom is -0.457 e. The molecule has 0 fully saturated rings. The fraction of sp³-hybridized carbons (Fsp3) is 0.0741. The second-order valence-corrected chi connectivity index (χ2v) is 8.54. The van der Waals surface area contributed by atoms with Gasteiger partial charge in [-0.15, -0.1) is 0 Å². The average Bonchev–Trinajstić information content (AvgIpc) is 3.33. The highest BCUT2D eigenvalue weighted by Gasteiger charge is 2.30. The second-order valence-electron chi connectivity index (χ2n) is 8.54. The number of anilines is 1. The zero-order valence-electron chi connectivity index (χ0n) is 20.1. The number of nitro groups is 1. The molecule has 0 bridgehead atoms. The number of nitro benzene ring substituents is 1. The fourth-order valence-electron chi connectivity index (χ4n) is 3.88. The summed E-state index contributed by atoms with van der Waals surface area (Å²) in [7, 11) is 0. The Morgan fingerprint density at radius 2 is 1.79 bits per heavy atom. The number of ether oxygens (including phenoxy) is 1. The zero-order valence-corrected chi connectivity index (χ0v) is 20.1. The van der Waals surface area contributed by atoms with E-state index in [1.807, 2.05) is 31.2 Å². The van der Waals surface area contributed by atoms with E-state index in [2.05, 4.69) is 15.4 Å². The number of non-ortho nitro benzene ring substituents is 1. The predicted octanol–water partition coefficient (Wildman–Crippen LogP) is 6.68. The summed E-state index contributed by atoms with van der Waals surface area (Å²) in [5.74, 6) is -0.972. The van der Waals surface area contributed by atoms with Crippen LogP contribution in [-0.4, -0.2) is 25.4 Å². The molecule has 0 aliphatic rings. The number of halogens is 3. The van der Waals surface area contributed by atoms with Crippen LogP contribution in [0.2, 0.25) is 0 Å². The van der Waals surface area contributed by atoms with Gasteiger partial charge in [-0.2, -0.15) is 18.3 Å². The molecular formula is C27H18F3N5O4. The number of amides is 1. The number of rotatable bonds is 6. The van der Waals surface area contributed by atoms with Crippen molar-refractivity contribution in [1.29, 1.82) is 0 Å². The van der Waals surface area contributed by atoms with E-state index >= 15 is 0 Å². The van der Waals surface area contributed by atoms with Crippen molar-refractivity contribution >= 4 is 22.9 Å². The first kappa shape index (κ1) is 25.4. The summed E-state index contributed by atoms with van der Waals surface area (Å²) >= 11 is 0. The summed E-state index contributed by atoms with van der Waals surface area (Å²) in [6.07, 6.45) is -1.73. The van der Waals surface area contributed by atoms with Gasteiger partial charge in [0, 0.05) is 23.9 Å². The summed E-state index contributed by atoms with van der Waals surface area (Å²) in [5.41, 5.74) is 1.62. The lowest BCUT2D eigenvalue weighted by atomic mass is 10.1. The number of aromatic nitrogens is 3. The molecule has 3 aromatic carbocycles. The summed E-state index contributed by atoms with van der Waals surface area (Å²) in [4.78, 5) is 28.2. The van der Waals surface area contributed by atoms with Crippen LogP contribution in [0.5, 0.6) is 11.5 Å². The van der Waals surface area contributed by atoms with Crippen molar-refractivity contribution in [2.75, 3.05) is 5.32 Å². The van der Waals surface area contributed by atoms with Crippen LogP contribution in [0.1, 0.15) is 21.5 Å². The van der Waals surface area contributed by atoms with Gasteiger partial charge in [-0.1, -0.05) is 35.9 Å². The number of hydrogen-bond acceptors (Lipinski definition) is 6. The number of benzene rings is 3. The highest BCUT2D eigenvalue weighted by molar-refractivity contribution is 6.08. The van der Waals surface area contributed by atoms with Crippen LogP contribution in [0.15, 0.2) is 85.2 Å². The summed E-state index contributed by atoms with van der Waals surface area (Å²) in [5, 5.41) is 18.4. The van der Waals surface area contributed by atoms with Gasteiger partial charge in [-0.25, -0.2) is 9.50 Å². The van der Waals surface area contributed by atoms with E-state index in [9.17, 15) is 28.1 Å². The zero-order chi connectivity index (χ0) is 27.7. The SMILES string of the molecule is Cc1ccc(-c2ccnc3c(C(=O)Nc4cc(Oc5cccc(C(F)(F)F)c5)cc([N+](=O)[O-])c4)cnn23)cc1. The molecule has 39 heavy (non-hydrogen) atoms. The molecular weight excluding hydrogens is 515 g/mol. The van der Waals surface area contributed by atoms with Gasteiger partial charge >= 0.3 is 6.18 Å². The van der Waals surface area contributed by atoms with Crippen molar-refractivity contribution in [2.24, 2.45) is 0 Å². The minimum absolute atomic E-state index is 0.00906. The third-order valence-electron chi connectivity index (χ3n) is 5.75. The van der Waals surface area contributed by atoms with Crippen LogP contribution in [0, 0.1) is 17.0 Å². The first-order chi connectivity index (χ1) is 18.6. The monoisotopic (exact) mass is 533 g/mol. The summed E-state index contributed by atoms with van der Waals surface area (Å²) < 4.78 is 46.2. The lowest BCUT2D eigenvalue weighted by molar-refractivity contribution is -0.384. The summed E-state index contributed by atoms with van der Waals surface area (Å²) in [6.45, 7) is 1.96. The Morgan fingerprint density at radius 1 is 1.03 bits per heavy atom. The molecule has 0 atom stereocenters. The maximum atomic E-state index is 13.1. The molecule has 0 saturated carbocycles.